The van der Waals surface area contributed by atoms with E-state index in [0.717, 1.165) is 39.3 Å². The van der Waals surface area contributed by atoms with Gasteiger partial charge in [-0.2, -0.15) is 0 Å². The molecule has 0 aliphatic rings. The topological polar surface area (TPSA) is 86.5 Å². The molecule has 1 heterocycles. The predicted molar refractivity (Wildman–Crippen MR) is 139 cm³/mol. The lowest BCUT2D eigenvalue weighted by molar-refractivity contribution is 0.0954. The summed E-state index contributed by atoms with van der Waals surface area (Å²) in [5.41, 5.74) is 5.73. The maximum absolute atomic E-state index is 12.7. The van der Waals surface area contributed by atoms with Crippen LogP contribution in [0, 0.1) is 13.8 Å². The van der Waals surface area contributed by atoms with Crippen LogP contribution in [0.15, 0.2) is 65.1 Å². The molecule has 4 aromatic rings. The zero-order valence-electron chi connectivity index (χ0n) is 21.1. The van der Waals surface area contributed by atoms with Crippen molar-refractivity contribution in [2.75, 3.05) is 19.8 Å². The van der Waals surface area contributed by atoms with Gasteiger partial charge >= 0.3 is 0 Å². The van der Waals surface area contributed by atoms with E-state index >= 15 is 0 Å². The number of hydrogen-bond acceptors (Lipinski definition) is 6. The first-order chi connectivity index (χ1) is 17.5. The smallest absolute Gasteiger partial charge is 0.251 e. The Morgan fingerprint density at radius 2 is 1.58 bits per heavy atom. The van der Waals surface area contributed by atoms with E-state index in [1.54, 1.807) is 6.92 Å². The van der Waals surface area contributed by atoms with E-state index < -0.39 is 0 Å². The first-order valence-electron chi connectivity index (χ1n) is 12.2. The largest absolute Gasteiger partial charge is 0.490 e. The van der Waals surface area contributed by atoms with E-state index in [1.165, 1.54) is 0 Å². The highest BCUT2D eigenvalue weighted by Gasteiger charge is 2.12. The fraction of sp³-hybridized carbons (Fsp3) is 0.276. The van der Waals surface area contributed by atoms with Crippen LogP contribution in [0.4, 0.5) is 0 Å². The van der Waals surface area contributed by atoms with Crippen LogP contribution in [0.2, 0.25) is 0 Å². The molecule has 7 nitrogen and oxygen atoms in total. The number of hydrogen-bond donors (Lipinski definition) is 1. The van der Waals surface area contributed by atoms with E-state index in [1.807, 2.05) is 74.5 Å². The SMILES string of the molecule is CCOc1ccc(CCNC(=O)c2ccc(-c3cc(-c4nnc(C)o4)ccc3C)cc2)cc1OCC. The molecule has 0 fully saturated rings. The molecule has 0 saturated carbocycles. The van der Waals surface area contributed by atoms with Gasteiger partial charge in [-0.1, -0.05) is 24.3 Å². The van der Waals surface area contributed by atoms with Crippen molar-refractivity contribution >= 4 is 5.91 Å². The number of nitrogens with one attached hydrogen (secondary N) is 1. The second-order valence-corrected chi connectivity index (χ2v) is 8.39. The molecular formula is C29H31N3O4. The molecule has 0 radical (unpaired) electrons. The number of aromatic nitrogens is 2. The van der Waals surface area contributed by atoms with Crippen LogP contribution in [0.3, 0.4) is 0 Å². The number of carbonyl (C=O) groups excluding carboxylic acids is 1. The van der Waals surface area contributed by atoms with Gasteiger partial charge in [0.15, 0.2) is 11.5 Å². The van der Waals surface area contributed by atoms with Gasteiger partial charge in [-0.15, -0.1) is 10.2 Å². The van der Waals surface area contributed by atoms with E-state index in [2.05, 4.69) is 22.4 Å². The average molecular weight is 486 g/mol. The van der Waals surface area contributed by atoms with Crippen LogP contribution in [-0.2, 0) is 6.42 Å². The first-order valence-corrected chi connectivity index (χ1v) is 12.2. The van der Waals surface area contributed by atoms with Crippen molar-refractivity contribution in [3.63, 3.8) is 0 Å². The molecule has 0 saturated heterocycles. The maximum Gasteiger partial charge on any atom is 0.251 e. The molecular weight excluding hydrogens is 454 g/mol. The summed E-state index contributed by atoms with van der Waals surface area (Å²) in [5.74, 6) is 2.38. The normalized spacial score (nSPS) is 10.8. The zero-order valence-corrected chi connectivity index (χ0v) is 21.1. The van der Waals surface area contributed by atoms with Gasteiger partial charge in [0.05, 0.1) is 13.2 Å². The molecule has 0 aliphatic heterocycles. The van der Waals surface area contributed by atoms with Crippen LogP contribution >= 0.6 is 0 Å². The van der Waals surface area contributed by atoms with Gasteiger partial charge in [-0.05, 0) is 85.8 Å². The summed E-state index contributed by atoms with van der Waals surface area (Å²) in [6.07, 6.45) is 0.692. The Balaban J connectivity index is 1.39. The summed E-state index contributed by atoms with van der Waals surface area (Å²) >= 11 is 0. The lowest BCUT2D eigenvalue weighted by Gasteiger charge is -2.13. The Hall–Kier alpha value is -4.13. The maximum atomic E-state index is 12.7. The predicted octanol–water partition coefficient (Wildman–Crippen LogP) is 5.79. The van der Waals surface area contributed by atoms with Crippen molar-refractivity contribution in [1.82, 2.24) is 15.5 Å². The second-order valence-electron chi connectivity index (χ2n) is 8.39. The van der Waals surface area contributed by atoms with Crippen LogP contribution in [0.1, 0.15) is 41.2 Å². The van der Waals surface area contributed by atoms with Gasteiger partial charge in [0.25, 0.3) is 5.91 Å². The molecule has 0 aliphatic carbocycles. The molecule has 4 rings (SSSR count). The van der Waals surface area contributed by atoms with Crippen LogP contribution in [-0.4, -0.2) is 35.9 Å². The Bertz CT molecular complexity index is 1330. The number of rotatable bonds is 10. The van der Waals surface area contributed by atoms with Gasteiger partial charge in [0.2, 0.25) is 11.8 Å². The van der Waals surface area contributed by atoms with Crippen molar-refractivity contribution in [1.29, 1.82) is 0 Å². The van der Waals surface area contributed by atoms with E-state index in [4.69, 9.17) is 13.9 Å². The van der Waals surface area contributed by atoms with Crippen molar-refractivity contribution < 1.29 is 18.7 Å². The van der Waals surface area contributed by atoms with Gasteiger partial charge in [0, 0.05) is 24.6 Å². The first kappa shape index (κ1) is 25.0. The molecule has 0 bridgehead atoms. The highest BCUT2D eigenvalue weighted by Crippen LogP contribution is 2.30. The molecule has 0 atom stereocenters. The number of carbonyl (C=O) groups is 1. The zero-order chi connectivity index (χ0) is 25.5. The Morgan fingerprint density at radius 3 is 2.28 bits per heavy atom. The molecule has 3 aromatic carbocycles. The summed E-state index contributed by atoms with van der Waals surface area (Å²) in [7, 11) is 0. The molecule has 1 N–H and O–H groups in total. The lowest BCUT2D eigenvalue weighted by atomic mass is 9.97. The molecule has 1 aromatic heterocycles. The summed E-state index contributed by atoms with van der Waals surface area (Å²) in [5, 5.41) is 11.0. The van der Waals surface area contributed by atoms with E-state index in [9.17, 15) is 4.79 Å². The minimum absolute atomic E-state index is 0.107. The molecule has 186 valence electrons. The van der Waals surface area contributed by atoms with Gasteiger partial charge in [-0.3, -0.25) is 4.79 Å². The quantitative estimate of drug-likeness (QED) is 0.306. The summed E-state index contributed by atoms with van der Waals surface area (Å²) in [6, 6.07) is 19.5. The third-order valence-electron chi connectivity index (χ3n) is 5.78. The van der Waals surface area contributed by atoms with Gasteiger partial charge in [-0.25, -0.2) is 0 Å². The third-order valence-corrected chi connectivity index (χ3v) is 5.78. The third kappa shape index (κ3) is 5.92. The molecule has 0 spiro atoms. The van der Waals surface area contributed by atoms with Crippen molar-refractivity contribution in [2.45, 2.75) is 34.1 Å². The monoisotopic (exact) mass is 485 g/mol. The molecule has 0 unspecified atom stereocenters. The number of aryl methyl sites for hydroxylation is 2. The number of benzene rings is 3. The molecule has 1 amide bonds. The minimum atomic E-state index is -0.107. The van der Waals surface area contributed by atoms with Crippen molar-refractivity contribution in [3.05, 3.63) is 83.2 Å². The van der Waals surface area contributed by atoms with Crippen molar-refractivity contribution in [3.8, 4) is 34.1 Å². The average Bonchev–Trinajstić information content (AvgIpc) is 3.32. The highest BCUT2D eigenvalue weighted by atomic mass is 16.5. The number of amides is 1. The van der Waals surface area contributed by atoms with Crippen molar-refractivity contribution in [2.24, 2.45) is 0 Å². The summed E-state index contributed by atoms with van der Waals surface area (Å²) in [6.45, 7) is 9.38. The Labute approximate surface area is 211 Å². The standard InChI is InChI=1S/C29H31N3O4/c1-5-34-26-14-8-21(17-27(26)35-6-2)15-16-30-28(33)23-12-10-22(11-13-23)25-18-24(9-7-19(25)3)29-32-31-20(4)36-29/h7-14,17-18H,5-6,15-16H2,1-4H3,(H,30,33). The summed E-state index contributed by atoms with van der Waals surface area (Å²) < 4.78 is 16.9. The van der Waals surface area contributed by atoms with Gasteiger partial charge < -0.3 is 19.2 Å². The van der Waals surface area contributed by atoms with Crippen LogP contribution < -0.4 is 14.8 Å². The lowest BCUT2D eigenvalue weighted by Crippen LogP contribution is -2.25. The van der Waals surface area contributed by atoms with Crippen LogP contribution in [0.5, 0.6) is 11.5 Å². The molecule has 36 heavy (non-hydrogen) atoms. The number of nitrogens with zero attached hydrogens (tertiary/aromatic N) is 2. The Kier molecular flexibility index (Phi) is 8.00. The van der Waals surface area contributed by atoms with E-state index in [-0.39, 0.29) is 5.91 Å². The van der Waals surface area contributed by atoms with Gasteiger partial charge in [0.1, 0.15) is 0 Å². The van der Waals surface area contributed by atoms with Crippen LogP contribution in [0.25, 0.3) is 22.6 Å². The number of ether oxygens (including phenoxy) is 2. The highest BCUT2D eigenvalue weighted by molar-refractivity contribution is 5.94. The fourth-order valence-corrected chi connectivity index (χ4v) is 3.95. The summed E-state index contributed by atoms with van der Waals surface area (Å²) in [4.78, 5) is 12.7. The Morgan fingerprint density at radius 1 is 0.861 bits per heavy atom. The molecule has 7 heteroatoms. The van der Waals surface area contributed by atoms with E-state index in [0.29, 0.717) is 43.5 Å². The fourth-order valence-electron chi connectivity index (χ4n) is 3.95. The second kappa shape index (κ2) is 11.5. The minimum Gasteiger partial charge on any atom is -0.490 e.